The van der Waals surface area contributed by atoms with Crippen molar-refractivity contribution in [1.82, 2.24) is 0 Å². The molecule has 2 rings (SSSR count). The summed E-state index contributed by atoms with van der Waals surface area (Å²) in [7, 11) is 0. The summed E-state index contributed by atoms with van der Waals surface area (Å²) in [6.45, 7) is 4.47. The van der Waals surface area contributed by atoms with Crippen LogP contribution in [0, 0.1) is 0 Å². The van der Waals surface area contributed by atoms with Crippen LogP contribution in [-0.2, 0) is 28.5 Å². The fraction of sp³-hybridized carbons (Fsp3) is 0.889. The van der Waals surface area contributed by atoms with Crippen LogP contribution >= 0.6 is 23.5 Å². The normalized spacial score (nSPS) is 33.5. The largest absolute Gasteiger partial charge is 0.477 e. The van der Waals surface area contributed by atoms with E-state index in [1.54, 1.807) is 23.5 Å². The molecule has 0 amide bonds. The van der Waals surface area contributed by atoms with Gasteiger partial charge in [-0.2, -0.15) is 23.5 Å². The van der Waals surface area contributed by atoms with Gasteiger partial charge in [0.05, 0.1) is 36.9 Å². The summed E-state index contributed by atoms with van der Waals surface area (Å²) < 4.78 is 21.3. The van der Waals surface area contributed by atoms with Gasteiger partial charge >= 0.3 is 11.9 Å². The molecule has 2 heterocycles. The van der Waals surface area contributed by atoms with Crippen LogP contribution in [0.25, 0.3) is 0 Å². The van der Waals surface area contributed by atoms with Crippen LogP contribution in [0.5, 0.6) is 0 Å². The van der Waals surface area contributed by atoms with Crippen molar-refractivity contribution in [3.63, 3.8) is 0 Å². The number of carboxylic acids is 2. The summed E-state index contributed by atoms with van der Waals surface area (Å²) in [4.78, 5) is 22.1. The number of unbranched alkanes of at least 4 members (excludes halogenated alkanes) is 3. The predicted molar refractivity (Wildman–Crippen MR) is 107 cm³/mol. The third kappa shape index (κ3) is 7.07. The van der Waals surface area contributed by atoms with E-state index in [9.17, 15) is 9.59 Å². The molecule has 0 saturated carbocycles. The molecule has 0 aromatic carbocycles. The van der Waals surface area contributed by atoms with Crippen molar-refractivity contribution in [3.05, 3.63) is 0 Å². The van der Waals surface area contributed by atoms with Gasteiger partial charge in [0.1, 0.15) is 0 Å². The molecular weight excluding hydrogens is 408 g/mol. The fourth-order valence-electron chi connectivity index (χ4n) is 2.68. The first-order valence-electron chi connectivity index (χ1n) is 9.51. The second kappa shape index (κ2) is 11.0. The lowest BCUT2D eigenvalue weighted by atomic mass is 10.2. The van der Waals surface area contributed by atoms with E-state index in [-0.39, 0.29) is 10.5 Å². The van der Waals surface area contributed by atoms with Crippen molar-refractivity contribution in [2.75, 3.05) is 37.9 Å². The maximum Gasteiger partial charge on any atom is 0.364 e. The highest BCUT2D eigenvalue weighted by atomic mass is 32.2. The summed E-state index contributed by atoms with van der Waals surface area (Å²) in [5, 5.41) is 18.4. The van der Waals surface area contributed by atoms with Crippen molar-refractivity contribution >= 4 is 35.5 Å². The van der Waals surface area contributed by atoms with Crippen LogP contribution < -0.4 is 0 Å². The Bertz CT molecular complexity index is 468. The zero-order chi connectivity index (χ0) is 20.6. The van der Waals surface area contributed by atoms with Crippen molar-refractivity contribution in [1.29, 1.82) is 0 Å². The van der Waals surface area contributed by atoms with Gasteiger partial charge in [-0.15, -0.1) is 0 Å². The van der Waals surface area contributed by atoms with E-state index in [1.807, 2.05) is 0 Å². The maximum atomic E-state index is 11.0. The zero-order valence-electron chi connectivity index (χ0n) is 16.4. The van der Waals surface area contributed by atoms with E-state index in [1.165, 1.54) is 13.8 Å². The number of thioether (sulfide) groups is 2. The summed E-state index contributed by atoms with van der Waals surface area (Å²) in [5.41, 5.74) is 0. The minimum Gasteiger partial charge on any atom is -0.477 e. The van der Waals surface area contributed by atoms with Crippen molar-refractivity contribution in [3.8, 4) is 0 Å². The molecular formula is C18H30O8S2. The Morgan fingerprint density at radius 2 is 1.07 bits per heavy atom. The van der Waals surface area contributed by atoms with Crippen LogP contribution in [-0.4, -0.2) is 82.2 Å². The summed E-state index contributed by atoms with van der Waals surface area (Å²) in [6.07, 6.45) is 4.50. The second-order valence-corrected chi connectivity index (χ2v) is 9.96. The predicted octanol–water partition coefficient (Wildman–Crippen LogP) is 2.45. The lowest BCUT2D eigenvalue weighted by Crippen LogP contribution is -2.48. The van der Waals surface area contributed by atoms with E-state index in [2.05, 4.69) is 0 Å². The van der Waals surface area contributed by atoms with Crippen molar-refractivity contribution in [2.24, 2.45) is 0 Å². The third-order valence-electron chi connectivity index (χ3n) is 4.70. The van der Waals surface area contributed by atoms with Gasteiger partial charge in [0.15, 0.2) is 0 Å². The minimum absolute atomic E-state index is 0.186. The quantitative estimate of drug-likeness (QED) is 0.467. The minimum atomic E-state index is -1.50. The number of hydrogen-bond donors (Lipinski definition) is 2. The molecule has 2 aliphatic heterocycles. The van der Waals surface area contributed by atoms with Gasteiger partial charge in [-0.05, 0) is 24.3 Å². The molecule has 28 heavy (non-hydrogen) atoms. The first-order valence-corrected chi connectivity index (χ1v) is 11.6. The summed E-state index contributed by atoms with van der Waals surface area (Å²) >= 11 is 3.54. The van der Waals surface area contributed by atoms with Crippen LogP contribution in [0.3, 0.4) is 0 Å². The van der Waals surface area contributed by atoms with Crippen molar-refractivity contribution < 1.29 is 38.7 Å². The van der Waals surface area contributed by atoms with E-state index in [0.717, 1.165) is 37.2 Å². The number of aliphatic carboxylic acids is 2. The smallest absolute Gasteiger partial charge is 0.364 e. The van der Waals surface area contributed by atoms with Gasteiger partial charge < -0.3 is 29.2 Å². The molecule has 0 aromatic rings. The van der Waals surface area contributed by atoms with Gasteiger partial charge in [0.25, 0.3) is 11.6 Å². The van der Waals surface area contributed by atoms with Gasteiger partial charge in [0.2, 0.25) is 0 Å². The number of carbonyl (C=O) groups is 2. The Hall–Kier alpha value is -0.520. The van der Waals surface area contributed by atoms with Gasteiger partial charge in [-0.3, -0.25) is 0 Å². The lowest BCUT2D eigenvalue weighted by molar-refractivity contribution is -0.255. The molecule has 0 radical (unpaired) electrons. The molecule has 0 aliphatic carbocycles. The van der Waals surface area contributed by atoms with Gasteiger partial charge in [-0.25, -0.2) is 9.59 Å². The Morgan fingerprint density at radius 3 is 1.36 bits per heavy atom. The molecule has 0 spiro atoms. The second-order valence-electron chi connectivity index (χ2n) is 7.15. The Kier molecular flexibility index (Phi) is 9.36. The SMILES string of the molecule is CC1(C(=O)O)OCC(SCCCCCCSC2COC(C)(C(=O)O)OC2)CO1. The number of rotatable bonds is 11. The number of hydrogen-bond acceptors (Lipinski definition) is 8. The summed E-state index contributed by atoms with van der Waals surface area (Å²) in [6, 6.07) is 0. The number of ether oxygens (including phenoxy) is 4. The Labute approximate surface area is 174 Å². The van der Waals surface area contributed by atoms with Crippen LogP contribution in [0.1, 0.15) is 39.5 Å². The summed E-state index contributed by atoms with van der Waals surface area (Å²) in [5.74, 6) is -3.17. The van der Waals surface area contributed by atoms with E-state index >= 15 is 0 Å². The molecule has 0 bridgehead atoms. The Morgan fingerprint density at radius 1 is 0.750 bits per heavy atom. The maximum absolute atomic E-state index is 11.0. The Balaban J connectivity index is 1.43. The standard InChI is InChI=1S/C18H30O8S2/c1-17(15(19)20)23-9-13(10-24-17)27-7-5-3-4-6-8-28-14-11-25-18(2,16(21)22)26-12-14/h13-14H,3-12H2,1-2H3,(H,19,20)(H,21,22). The average Bonchev–Trinajstić information content (AvgIpc) is 2.66. The highest BCUT2D eigenvalue weighted by Crippen LogP contribution is 2.27. The lowest BCUT2D eigenvalue weighted by Gasteiger charge is -2.34. The molecule has 2 N–H and O–H groups in total. The molecule has 0 unspecified atom stereocenters. The average molecular weight is 439 g/mol. The van der Waals surface area contributed by atoms with Crippen LogP contribution in [0.2, 0.25) is 0 Å². The van der Waals surface area contributed by atoms with E-state index in [4.69, 9.17) is 29.2 Å². The van der Waals surface area contributed by atoms with E-state index < -0.39 is 23.5 Å². The van der Waals surface area contributed by atoms with Crippen molar-refractivity contribution in [2.45, 2.75) is 61.6 Å². The third-order valence-corrected chi connectivity index (χ3v) is 7.24. The molecule has 0 aromatic heterocycles. The van der Waals surface area contributed by atoms with Crippen LogP contribution in [0.15, 0.2) is 0 Å². The van der Waals surface area contributed by atoms with Crippen LogP contribution in [0.4, 0.5) is 0 Å². The first-order chi connectivity index (χ1) is 13.3. The molecule has 162 valence electrons. The van der Waals surface area contributed by atoms with Gasteiger partial charge in [-0.1, -0.05) is 12.8 Å². The number of carboxylic acid groups (broad SMARTS) is 2. The van der Waals surface area contributed by atoms with Gasteiger partial charge in [0, 0.05) is 13.8 Å². The molecule has 2 saturated heterocycles. The molecule has 2 fully saturated rings. The highest BCUT2D eigenvalue weighted by Gasteiger charge is 2.41. The molecule has 8 nitrogen and oxygen atoms in total. The highest BCUT2D eigenvalue weighted by molar-refractivity contribution is 8.00. The molecule has 10 heteroatoms. The topological polar surface area (TPSA) is 112 Å². The first kappa shape index (κ1) is 23.8. The molecule has 0 atom stereocenters. The zero-order valence-corrected chi connectivity index (χ0v) is 18.0. The monoisotopic (exact) mass is 438 g/mol. The van der Waals surface area contributed by atoms with E-state index in [0.29, 0.717) is 26.4 Å². The molecule has 2 aliphatic rings. The fourth-order valence-corrected chi connectivity index (χ4v) is 4.75.